The highest BCUT2D eigenvalue weighted by molar-refractivity contribution is 5.81. The second kappa shape index (κ2) is 5.64. The predicted octanol–water partition coefficient (Wildman–Crippen LogP) is 0.766. The van der Waals surface area contributed by atoms with Crippen molar-refractivity contribution in [1.29, 1.82) is 0 Å². The number of carbonyl (C=O) groups excluding carboxylic acids is 1. The van der Waals surface area contributed by atoms with Crippen LogP contribution in [0.5, 0.6) is 0 Å². The quantitative estimate of drug-likeness (QED) is 0.772. The summed E-state index contributed by atoms with van der Waals surface area (Å²) in [6, 6.07) is 0.515. The fraction of sp³-hybridized carbons (Fsp3) is 0.917. The molecule has 0 aromatic heterocycles. The van der Waals surface area contributed by atoms with Crippen LogP contribution in [0.1, 0.15) is 32.6 Å². The van der Waals surface area contributed by atoms with Crippen LogP contribution < -0.4 is 5.32 Å². The highest BCUT2D eigenvalue weighted by Crippen LogP contribution is 2.18. The normalized spacial score (nSPS) is 24.7. The van der Waals surface area contributed by atoms with Crippen LogP contribution in [0.15, 0.2) is 0 Å². The van der Waals surface area contributed by atoms with Gasteiger partial charge < -0.3 is 15.0 Å². The van der Waals surface area contributed by atoms with E-state index in [4.69, 9.17) is 4.74 Å². The Kier molecular flexibility index (Phi) is 4.18. The first-order chi connectivity index (χ1) is 7.77. The Hall–Kier alpha value is -0.610. The third-order valence-corrected chi connectivity index (χ3v) is 3.53. The molecule has 4 nitrogen and oxygen atoms in total. The largest absolute Gasteiger partial charge is 0.378 e. The number of hydrogen-bond donors (Lipinski definition) is 1. The summed E-state index contributed by atoms with van der Waals surface area (Å²) in [6.07, 6.45) is 5.05. The highest BCUT2D eigenvalue weighted by atomic mass is 16.5. The first-order valence-electron chi connectivity index (χ1n) is 6.40. The SMILES string of the molecule is CC(NC1CCCC1)C(=O)N1CCOCC1. The molecule has 0 aromatic carbocycles. The maximum Gasteiger partial charge on any atom is 0.239 e. The molecule has 92 valence electrons. The zero-order chi connectivity index (χ0) is 11.4. The number of morpholine rings is 1. The van der Waals surface area contributed by atoms with E-state index in [-0.39, 0.29) is 11.9 Å². The van der Waals surface area contributed by atoms with E-state index in [1.54, 1.807) is 0 Å². The molecule has 1 N–H and O–H groups in total. The molecule has 1 unspecified atom stereocenters. The molecule has 2 aliphatic rings. The van der Waals surface area contributed by atoms with Gasteiger partial charge in [0.05, 0.1) is 19.3 Å². The number of carbonyl (C=O) groups is 1. The minimum absolute atomic E-state index is 0.0406. The van der Waals surface area contributed by atoms with Gasteiger partial charge in [-0.1, -0.05) is 12.8 Å². The number of nitrogens with one attached hydrogen (secondary N) is 1. The van der Waals surface area contributed by atoms with Crippen molar-refractivity contribution < 1.29 is 9.53 Å². The summed E-state index contributed by atoms with van der Waals surface area (Å²) in [5, 5.41) is 3.44. The lowest BCUT2D eigenvalue weighted by atomic mass is 10.2. The molecule has 16 heavy (non-hydrogen) atoms. The monoisotopic (exact) mass is 226 g/mol. The van der Waals surface area contributed by atoms with Crippen molar-refractivity contribution in [3.8, 4) is 0 Å². The molecule has 1 amide bonds. The van der Waals surface area contributed by atoms with Crippen LogP contribution in [0.4, 0.5) is 0 Å². The van der Waals surface area contributed by atoms with E-state index in [9.17, 15) is 4.79 Å². The zero-order valence-corrected chi connectivity index (χ0v) is 10.1. The minimum Gasteiger partial charge on any atom is -0.378 e. The standard InChI is InChI=1S/C12H22N2O2/c1-10(13-11-4-2-3-5-11)12(15)14-6-8-16-9-7-14/h10-11,13H,2-9H2,1H3. The van der Waals surface area contributed by atoms with Crippen LogP contribution in [0, 0.1) is 0 Å². The summed E-state index contributed by atoms with van der Waals surface area (Å²) in [4.78, 5) is 14.0. The van der Waals surface area contributed by atoms with Gasteiger partial charge in [-0.05, 0) is 19.8 Å². The maximum atomic E-state index is 12.1. The van der Waals surface area contributed by atoms with E-state index in [0.29, 0.717) is 19.3 Å². The second-order valence-corrected chi connectivity index (χ2v) is 4.81. The Morgan fingerprint density at radius 2 is 1.94 bits per heavy atom. The van der Waals surface area contributed by atoms with Crippen molar-refractivity contribution in [3.05, 3.63) is 0 Å². The molecule has 4 heteroatoms. The van der Waals surface area contributed by atoms with Gasteiger partial charge in [0, 0.05) is 19.1 Å². The van der Waals surface area contributed by atoms with E-state index in [0.717, 1.165) is 13.1 Å². The van der Waals surface area contributed by atoms with Crippen LogP contribution in [0.2, 0.25) is 0 Å². The number of nitrogens with zero attached hydrogens (tertiary/aromatic N) is 1. The molecule has 1 saturated heterocycles. The lowest BCUT2D eigenvalue weighted by molar-refractivity contribution is -0.137. The zero-order valence-electron chi connectivity index (χ0n) is 10.1. The first-order valence-corrected chi connectivity index (χ1v) is 6.40. The molecule has 0 spiro atoms. The third-order valence-electron chi connectivity index (χ3n) is 3.53. The van der Waals surface area contributed by atoms with Crippen molar-refractivity contribution in [2.75, 3.05) is 26.3 Å². The molecular weight excluding hydrogens is 204 g/mol. The summed E-state index contributed by atoms with van der Waals surface area (Å²) < 4.78 is 5.25. The van der Waals surface area contributed by atoms with E-state index in [1.807, 2.05) is 11.8 Å². The van der Waals surface area contributed by atoms with E-state index < -0.39 is 0 Å². The van der Waals surface area contributed by atoms with Crippen LogP contribution in [-0.2, 0) is 9.53 Å². The summed E-state index contributed by atoms with van der Waals surface area (Å²) in [5.74, 6) is 0.232. The van der Waals surface area contributed by atoms with Crippen molar-refractivity contribution in [1.82, 2.24) is 10.2 Å². The van der Waals surface area contributed by atoms with Crippen molar-refractivity contribution >= 4 is 5.91 Å². The molecule has 1 saturated carbocycles. The summed E-state index contributed by atoms with van der Waals surface area (Å²) >= 11 is 0. The smallest absolute Gasteiger partial charge is 0.239 e. The van der Waals surface area contributed by atoms with Gasteiger partial charge in [0.2, 0.25) is 5.91 Å². The maximum absolute atomic E-state index is 12.1. The third kappa shape index (κ3) is 2.95. The van der Waals surface area contributed by atoms with E-state index >= 15 is 0 Å². The van der Waals surface area contributed by atoms with E-state index in [1.165, 1.54) is 25.7 Å². The molecule has 0 bridgehead atoms. The number of ether oxygens (including phenoxy) is 1. The van der Waals surface area contributed by atoms with Gasteiger partial charge in [-0.15, -0.1) is 0 Å². The number of rotatable bonds is 3. The van der Waals surface area contributed by atoms with E-state index in [2.05, 4.69) is 5.32 Å². The second-order valence-electron chi connectivity index (χ2n) is 4.81. The van der Waals surface area contributed by atoms with Gasteiger partial charge in [0.1, 0.15) is 0 Å². The Bertz CT molecular complexity index is 233. The Balaban J connectivity index is 1.78. The Labute approximate surface area is 97.3 Å². The van der Waals surface area contributed by atoms with Crippen LogP contribution >= 0.6 is 0 Å². The van der Waals surface area contributed by atoms with Crippen LogP contribution in [-0.4, -0.2) is 49.2 Å². The number of amides is 1. The molecule has 2 fully saturated rings. The lowest BCUT2D eigenvalue weighted by Crippen LogP contribution is -2.51. The fourth-order valence-corrected chi connectivity index (χ4v) is 2.57. The van der Waals surface area contributed by atoms with Gasteiger partial charge in [0.15, 0.2) is 0 Å². The van der Waals surface area contributed by atoms with Crippen molar-refractivity contribution in [2.45, 2.75) is 44.7 Å². The number of hydrogen-bond acceptors (Lipinski definition) is 3. The molecular formula is C12H22N2O2. The molecule has 1 aliphatic heterocycles. The Morgan fingerprint density at radius 3 is 2.56 bits per heavy atom. The molecule has 1 aliphatic carbocycles. The molecule has 0 aromatic rings. The summed E-state index contributed by atoms with van der Waals surface area (Å²) in [7, 11) is 0. The van der Waals surface area contributed by atoms with Crippen LogP contribution in [0.25, 0.3) is 0 Å². The fourth-order valence-electron chi connectivity index (χ4n) is 2.57. The molecule has 1 heterocycles. The Morgan fingerprint density at radius 1 is 1.31 bits per heavy atom. The summed E-state index contributed by atoms with van der Waals surface area (Å²) in [6.45, 7) is 4.84. The van der Waals surface area contributed by atoms with Crippen molar-refractivity contribution in [2.24, 2.45) is 0 Å². The van der Waals surface area contributed by atoms with Gasteiger partial charge >= 0.3 is 0 Å². The summed E-state index contributed by atoms with van der Waals surface area (Å²) in [5.41, 5.74) is 0. The molecule has 0 radical (unpaired) electrons. The van der Waals surface area contributed by atoms with Gasteiger partial charge in [0.25, 0.3) is 0 Å². The highest BCUT2D eigenvalue weighted by Gasteiger charge is 2.25. The average Bonchev–Trinajstić information content (AvgIpc) is 2.82. The van der Waals surface area contributed by atoms with Gasteiger partial charge in [-0.25, -0.2) is 0 Å². The topological polar surface area (TPSA) is 41.6 Å². The van der Waals surface area contributed by atoms with Crippen LogP contribution in [0.3, 0.4) is 0 Å². The predicted molar refractivity (Wildman–Crippen MR) is 62.3 cm³/mol. The van der Waals surface area contributed by atoms with Crippen molar-refractivity contribution in [3.63, 3.8) is 0 Å². The first kappa shape index (κ1) is 11.9. The minimum atomic E-state index is -0.0406. The average molecular weight is 226 g/mol. The van der Waals surface area contributed by atoms with Gasteiger partial charge in [-0.2, -0.15) is 0 Å². The lowest BCUT2D eigenvalue weighted by Gasteiger charge is -2.30. The molecule has 1 atom stereocenters. The molecule has 2 rings (SSSR count). The van der Waals surface area contributed by atoms with Gasteiger partial charge in [-0.3, -0.25) is 4.79 Å².